The van der Waals surface area contributed by atoms with E-state index < -0.39 is 9.83 Å². The van der Waals surface area contributed by atoms with Gasteiger partial charge in [-0.05, 0) is 40.5 Å². The zero-order valence-electron chi connectivity index (χ0n) is 9.64. The molecule has 0 spiro atoms. The fourth-order valence-corrected chi connectivity index (χ4v) is 4.10. The van der Waals surface area contributed by atoms with Crippen LogP contribution in [0.4, 0.5) is 0 Å². The van der Waals surface area contributed by atoms with Gasteiger partial charge in [-0.25, -0.2) is 4.21 Å². The van der Waals surface area contributed by atoms with Gasteiger partial charge in [0, 0.05) is 4.75 Å². The van der Waals surface area contributed by atoms with Gasteiger partial charge in [-0.15, -0.1) is 0 Å². The first-order valence-corrected chi connectivity index (χ1v) is 7.35. The van der Waals surface area contributed by atoms with Crippen LogP contribution in [0.5, 0.6) is 0 Å². The molecule has 0 saturated heterocycles. The van der Waals surface area contributed by atoms with Crippen molar-refractivity contribution in [2.45, 2.75) is 63.9 Å². The summed E-state index contributed by atoms with van der Waals surface area (Å²) >= 11 is 0. The third kappa shape index (κ3) is 4.50. The summed E-state index contributed by atoms with van der Waals surface area (Å²) in [6.07, 6.45) is 2.02. The zero-order valence-corrected chi connectivity index (χ0v) is 11.3. The molecule has 0 radical (unpaired) electrons. The maximum absolute atomic E-state index is 11.9. The fraction of sp³-hybridized carbons (Fsp3) is 1.00. The molecule has 0 amide bonds. The first-order valence-electron chi connectivity index (χ1n) is 4.86. The van der Waals surface area contributed by atoms with E-state index in [-0.39, 0.29) is 9.49 Å². The molecule has 0 rings (SSSR count). The molecule has 1 unspecified atom stereocenters. The van der Waals surface area contributed by atoms with E-state index in [1.54, 1.807) is 10.8 Å². The van der Waals surface area contributed by atoms with Gasteiger partial charge < -0.3 is 0 Å². The Balaban J connectivity index is 4.31. The molecular weight excluding hydrogens is 200 g/mol. The number of hydrogen-bond donors (Lipinski definition) is 0. The van der Waals surface area contributed by atoms with Gasteiger partial charge in [0.25, 0.3) is 0 Å². The van der Waals surface area contributed by atoms with Crippen molar-refractivity contribution in [3.63, 3.8) is 0 Å². The van der Waals surface area contributed by atoms with E-state index in [1.165, 1.54) is 0 Å². The zero-order chi connectivity index (χ0) is 10.7. The highest BCUT2D eigenvalue weighted by Gasteiger charge is 2.29. The molecule has 0 aliphatic carbocycles. The summed E-state index contributed by atoms with van der Waals surface area (Å²) < 4.78 is 12.0. The Morgan fingerprint density at radius 1 is 1.08 bits per heavy atom. The first kappa shape index (κ1) is 13.5. The molecule has 13 heavy (non-hydrogen) atoms. The second kappa shape index (κ2) is 4.83. The standard InChI is InChI=1S/C10H22OS2/c1-7-9(3,4)12-13(11)10(5,6)8-2/h7-8H2,1-6H3. The SMILES string of the molecule is CCC(C)(C)SS(=O)C(C)(C)CC. The number of rotatable bonds is 5. The molecule has 0 bridgehead atoms. The van der Waals surface area contributed by atoms with Gasteiger partial charge in [0.05, 0.1) is 14.6 Å². The van der Waals surface area contributed by atoms with Crippen LogP contribution in [0.1, 0.15) is 54.4 Å². The van der Waals surface area contributed by atoms with Crippen LogP contribution in [-0.2, 0) is 9.83 Å². The molecule has 0 aliphatic heterocycles. The predicted octanol–water partition coefficient (Wildman–Crippen LogP) is 3.76. The molecule has 0 aliphatic rings. The molecule has 0 aromatic heterocycles. The lowest BCUT2D eigenvalue weighted by Crippen LogP contribution is -2.27. The maximum atomic E-state index is 11.9. The fourth-order valence-electron chi connectivity index (χ4n) is 0.494. The van der Waals surface area contributed by atoms with Gasteiger partial charge in [-0.2, -0.15) is 0 Å². The molecule has 80 valence electrons. The highest BCUT2D eigenvalue weighted by atomic mass is 33.1. The van der Waals surface area contributed by atoms with Crippen molar-refractivity contribution in [3.05, 3.63) is 0 Å². The molecule has 0 aromatic rings. The van der Waals surface area contributed by atoms with Crippen molar-refractivity contribution in [3.8, 4) is 0 Å². The van der Waals surface area contributed by atoms with E-state index in [4.69, 9.17) is 0 Å². The minimum absolute atomic E-state index is 0.0584. The lowest BCUT2D eigenvalue weighted by molar-refractivity contribution is 0.622. The van der Waals surface area contributed by atoms with Gasteiger partial charge in [-0.1, -0.05) is 24.6 Å². The molecule has 1 nitrogen and oxygen atoms in total. The van der Waals surface area contributed by atoms with Crippen LogP contribution in [0.15, 0.2) is 0 Å². The van der Waals surface area contributed by atoms with Crippen LogP contribution >= 0.6 is 10.8 Å². The smallest absolute Gasteiger partial charge is 0.0866 e. The Morgan fingerprint density at radius 3 is 1.85 bits per heavy atom. The molecule has 0 N–H and O–H groups in total. The Bertz CT molecular complexity index is 185. The van der Waals surface area contributed by atoms with Gasteiger partial charge in [0.15, 0.2) is 0 Å². The van der Waals surface area contributed by atoms with Crippen LogP contribution in [0.3, 0.4) is 0 Å². The molecule has 0 heterocycles. The molecule has 1 atom stereocenters. The average Bonchev–Trinajstić information content (AvgIpc) is 2.04. The highest BCUT2D eigenvalue weighted by Crippen LogP contribution is 2.36. The average molecular weight is 222 g/mol. The van der Waals surface area contributed by atoms with Gasteiger partial charge in [0.1, 0.15) is 0 Å². The molecule has 0 aromatic carbocycles. The van der Waals surface area contributed by atoms with E-state index >= 15 is 0 Å². The van der Waals surface area contributed by atoms with Crippen molar-refractivity contribution in [2.24, 2.45) is 0 Å². The topological polar surface area (TPSA) is 17.1 Å². The summed E-state index contributed by atoms with van der Waals surface area (Å²) in [5.74, 6) is 0. The second-order valence-corrected chi connectivity index (χ2v) is 8.80. The normalized spacial score (nSPS) is 15.8. The van der Waals surface area contributed by atoms with Gasteiger partial charge in [0.2, 0.25) is 0 Å². The number of hydrogen-bond acceptors (Lipinski definition) is 2. The van der Waals surface area contributed by atoms with Crippen molar-refractivity contribution < 1.29 is 4.21 Å². The van der Waals surface area contributed by atoms with E-state index in [1.807, 2.05) is 0 Å². The van der Waals surface area contributed by atoms with E-state index in [2.05, 4.69) is 41.5 Å². The lowest BCUT2D eigenvalue weighted by atomic mass is 10.1. The summed E-state index contributed by atoms with van der Waals surface area (Å²) in [4.78, 5) is 0. The minimum atomic E-state index is -0.783. The summed E-state index contributed by atoms with van der Waals surface area (Å²) in [6, 6.07) is 0. The second-order valence-electron chi connectivity index (χ2n) is 4.54. The predicted molar refractivity (Wildman–Crippen MR) is 64.5 cm³/mol. The summed E-state index contributed by atoms with van der Waals surface area (Å²) in [7, 11) is 0.823. The monoisotopic (exact) mass is 222 g/mol. The van der Waals surface area contributed by atoms with Crippen molar-refractivity contribution in [1.82, 2.24) is 0 Å². The third-order valence-corrected chi connectivity index (χ3v) is 7.70. The van der Waals surface area contributed by atoms with Crippen molar-refractivity contribution in [1.29, 1.82) is 0 Å². The molecule has 3 heteroatoms. The van der Waals surface area contributed by atoms with Crippen LogP contribution in [-0.4, -0.2) is 13.7 Å². The van der Waals surface area contributed by atoms with Crippen LogP contribution in [0, 0.1) is 0 Å². The van der Waals surface area contributed by atoms with Crippen LogP contribution < -0.4 is 0 Å². The Labute approximate surface area is 88.9 Å². The van der Waals surface area contributed by atoms with Gasteiger partial charge in [-0.3, -0.25) is 0 Å². The quantitative estimate of drug-likeness (QED) is 0.659. The molecule has 0 saturated carbocycles. The van der Waals surface area contributed by atoms with E-state index in [0.717, 1.165) is 12.8 Å². The summed E-state index contributed by atoms with van der Waals surface area (Å²) in [5.41, 5.74) is 0. The molecular formula is C10H22OS2. The highest BCUT2D eigenvalue weighted by molar-refractivity contribution is 8.70. The summed E-state index contributed by atoms with van der Waals surface area (Å²) in [5, 5.41) is 0. The maximum Gasteiger partial charge on any atom is 0.0866 e. The first-order chi connectivity index (χ1) is 5.75. The van der Waals surface area contributed by atoms with Crippen LogP contribution in [0.2, 0.25) is 0 Å². The Hall–Kier alpha value is 0.500. The van der Waals surface area contributed by atoms with Crippen molar-refractivity contribution in [2.75, 3.05) is 0 Å². The third-order valence-electron chi connectivity index (χ3n) is 2.46. The van der Waals surface area contributed by atoms with Crippen molar-refractivity contribution >= 4 is 20.6 Å². The Kier molecular flexibility index (Phi) is 5.02. The van der Waals surface area contributed by atoms with E-state index in [0.29, 0.717) is 0 Å². The van der Waals surface area contributed by atoms with E-state index in [9.17, 15) is 4.21 Å². The van der Waals surface area contributed by atoms with Gasteiger partial charge >= 0.3 is 0 Å². The lowest BCUT2D eigenvalue weighted by Gasteiger charge is -2.28. The summed E-state index contributed by atoms with van der Waals surface area (Å²) in [6.45, 7) is 12.7. The minimum Gasteiger partial charge on any atom is -0.247 e. The molecule has 0 fully saturated rings. The van der Waals surface area contributed by atoms with Crippen LogP contribution in [0.25, 0.3) is 0 Å². The largest absolute Gasteiger partial charge is 0.247 e. The Morgan fingerprint density at radius 2 is 1.54 bits per heavy atom.